The molecule has 0 aliphatic heterocycles. The van der Waals surface area contributed by atoms with E-state index in [1.807, 2.05) is 12.1 Å². The van der Waals surface area contributed by atoms with Crippen molar-refractivity contribution in [3.63, 3.8) is 0 Å². The molecule has 0 aliphatic carbocycles. The summed E-state index contributed by atoms with van der Waals surface area (Å²) in [6.07, 6.45) is 0. The Labute approximate surface area is 74.8 Å². The lowest BCUT2D eigenvalue weighted by atomic mass is 10.1. The van der Waals surface area contributed by atoms with Crippen molar-refractivity contribution in [2.24, 2.45) is 0 Å². The number of anilines is 2. The van der Waals surface area contributed by atoms with E-state index in [9.17, 15) is 0 Å². The summed E-state index contributed by atoms with van der Waals surface area (Å²) in [5, 5.41) is 3.31. The minimum atomic E-state index is 0.671. The fourth-order valence-electron chi connectivity index (χ4n) is 1.26. The van der Waals surface area contributed by atoms with Crippen LogP contribution in [0.15, 0.2) is 17.5 Å². The number of thiophene rings is 1. The highest BCUT2D eigenvalue weighted by Crippen LogP contribution is 2.33. The molecule has 2 aromatic rings. The lowest BCUT2D eigenvalue weighted by Gasteiger charge is -2.00. The van der Waals surface area contributed by atoms with Crippen molar-refractivity contribution in [1.82, 2.24) is 0 Å². The third-order valence-corrected chi connectivity index (χ3v) is 3.16. The van der Waals surface area contributed by atoms with Crippen LogP contribution in [0, 0.1) is 6.92 Å². The highest BCUT2D eigenvalue weighted by Gasteiger charge is 2.04. The van der Waals surface area contributed by atoms with Crippen molar-refractivity contribution in [3.05, 3.63) is 23.1 Å². The maximum absolute atomic E-state index is 5.82. The summed E-state index contributed by atoms with van der Waals surface area (Å²) in [7, 11) is 0. The van der Waals surface area contributed by atoms with Crippen LogP contribution in [-0.2, 0) is 0 Å². The molecule has 1 heterocycles. The van der Waals surface area contributed by atoms with Crippen LogP contribution in [0.4, 0.5) is 11.4 Å². The molecule has 0 radical (unpaired) electrons. The predicted octanol–water partition coefficient (Wildman–Crippen LogP) is 2.37. The quantitative estimate of drug-likeness (QED) is 0.608. The smallest absolute Gasteiger partial charge is 0.0729 e. The fourth-order valence-corrected chi connectivity index (χ4v) is 2.29. The summed E-state index contributed by atoms with van der Waals surface area (Å²) in [4.78, 5) is 0. The maximum Gasteiger partial charge on any atom is 0.0729 e. The van der Waals surface area contributed by atoms with Crippen LogP contribution in [0.2, 0.25) is 0 Å². The van der Waals surface area contributed by atoms with Gasteiger partial charge in [0.25, 0.3) is 0 Å². The molecule has 0 aliphatic rings. The van der Waals surface area contributed by atoms with Crippen LogP contribution in [0.1, 0.15) is 5.56 Å². The van der Waals surface area contributed by atoms with E-state index in [0.29, 0.717) is 11.4 Å². The number of hydrogen-bond acceptors (Lipinski definition) is 3. The fraction of sp³-hybridized carbons (Fsp3) is 0.111. The van der Waals surface area contributed by atoms with Gasteiger partial charge in [0.05, 0.1) is 16.1 Å². The van der Waals surface area contributed by atoms with Crippen LogP contribution in [0.25, 0.3) is 10.1 Å². The summed E-state index contributed by atoms with van der Waals surface area (Å²) in [6.45, 7) is 2.08. The molecule has 2 nitrogen and oxygen atoms in total. The van der Waals surface area contributed by atoms with E-state index >= 15 is 0 Å². The molecule has 0 unspecified atom stereocenters. The Morgan fingerprint density at radius 2 is 2.00 bits per heavy atom. The van der Waals surface area contributed by atoms with Gasteiger partial charge in [-0.2, -0.15) is 0 Å². The minimum Gasteiger partial charge on any atom is -0.397 e. The third-order valence-electron chi connectivity index (χ3n) is 2.01. The van der Waals surface area contributed by atoms with Gasteiger partial charge < -0.3 is 11.5 Å². The van der Waals surface area contributed by atoms with Gasteiger partial charge in [0.1, 0.15) is 0 Å². The highest BCUT2D eigenvalue weighted by molar-refractivity contribution is 7.18. The zero-order chi connectivity index (χ0) is 8.72. The first kappa shape index (κ1) is 7.43. The second-order valence-electron chi connectivity index (χ2n) is 2.86. The predicted molar refractivity (Wildman–Crippen MR) is 55.4 cm³/mol. The summed E-state index contributed by atoms with van der Waals surface area (Å²) >= 11 is 1.65. The number of rotatable bonds is 0. The maximum atomic E-state index is 5.82. The number of hydrogen-bond donors (Lipinski definition) is 2. The van der Waals surface area contributed by atoms with E-state index in [1.165, 1.54) is 10.9 Å². The van der Waals surface area contributed by atoms with Gasteiger partial charge in [-0.05, 0) is 29.3 Å². The summed E-state index contributed by atoms with van der Waals surface area (Å²) < 4.78 is 1.10. The molecule has 0 spiro atoms. The van der Waals surface area contributed by atoms with Gasteiger partial charge in [-0.3, -0.25) is 0 Å². The van der Waals surface area contributed by atoms with E-state index in [2.05, 4.69) is 12.3 Å². The van der Waals surface area contributed by atoms with Crippen LogP contribution in [0.3, 0.4) is 0 Å². The zero-order valence-corrected chi connectivity index (χ0v) is 7.61. The molecule has 0 saturated heterocycles. The molecule has 2 rings (SSSR count). The first-order chi connectivity index (χ1) is 5.70. The Kier molecular flexibility index (Phi) is 1.48. The summed E-state index contributed by atoms with van der Waals surface area (Å²) in [6, 6.07) is 3.88. The molecule has 1 aromatic carbocycles. The first-order valence-corrected chi connectivity index (χ1v) is 4.60. The van der Waals surface area contributed by atoms with Crippen molar-refractivity contribution in [1.29, 1.82) is 0 Å². The Morgan fingerprint density at radius 1 is 1.25 bits per heavy atom. The zero-order valence-electron chi connectivity index (χ0n) is 6.79. The molecule has 3 heteroatoms. The number of benzene rings is 1. The third kappa shape index (κ3) is 0.865. The Hall–Kier alpha value is -1.22. The van der Waals surface area contributed by atoms with Crippen LogP contribution in [-0.4, -0.2) is 0 Å². The normalized spacial score (nSPS) is 10.8. The number of nitrogen functional groups attached to an aromatic ring is 2. The molecule has 0 saturated carbocycles. The van der Waals surface area contributed by atoms with Crippen molar-refractivity contribution in [2.75, 3.05) is 11.5 Å². The van der Waals surface area contributed by atoms with Crippen LogP contribution in [0.5, 0.6) is 0 Å². The monoisotopic (exact) mass is 178 g/mol. The highest BCUT2D eigenvalue weighted by atomic mass is 32.1. The average Bonchev–Trinajstić information content (AvgIpc) is 2.41. The topological polar surface area (TPSA) is 52.0 Å². The standard InChI is InChI=1S/C9H10N2S/c1-5-4-12-9-6(5)2-3-7(10)8(9)11/h2-4H,10-11H2,1H3. The van der Waals surface area contributed by atoms with Gasteiger partial charge in [-0.15, -0.1) is 11.3 Å². The van der Waals surface area contributed by atoms with Crippen molar-refractivity contribution in [3.8, 4) is 0 Å². The van der Waals surface area contributed by atoms with Gasteiger partial charge >= 0.3 is 0 Å². The van der Waals surface area contributed by atoms with E-state index in [-0.39, 0.29) is 0 Å². The molecule has 0 fully saturated rings. The minimum absolute atomic E-state index is 0.671. The summed E-state index contributed by atoms with van der Waals surface area (Å²) in [5.41, 5.74) is 14.1. The molecule has 12 heavy (non-hydrogen) atoms. The van der Waals surface area contributed by atoms with Crippen molar-refractivity contribution >= 4 is 32.8 Å². The summed E-state index contributed by atoms with van der Waals surface area (Å²) in [5.74, 6) is 0. The van der Waals surface area contributed by atoms with Gasteiger partial charge in [0, 0.05) is 0 Å². The molecule has 1 aromatic heterocycles. The van der Waals surface area contributed by atoms with Crippen LogP contribution < -0.4 is 11.5 Å². The van der Waals surface area contributed by atoms with Gasteiger partial charge in [-0.1, -0.05) is 6.07 Å². The molecule has 0 atom stereocenters. The molecule has 62 valence electrons. The van der Waals surface area contributed by atoms with E-state index in [1.54, 1.807) is 11.3 Å². The van der Waals surface area contributed by atoms with E-state index < -0.39 is 0 Å². The molecule has 0 bridgehead atoms. The Bertz CT molecular complexity index is 431. The largest absolute Gasteiger partial charge is 0.397 e. The Morgan fingerprint density at radius 3 is 2.75 bits per heavy atom. The number of nitrogens with two attached hydrogens (primary N) is 2. The molecule has 4 N–H and O–H groups in total. The lowest BCUT2D eigenvalue weighted by molar-refractivity contribution is 1.60. The first-order valence-electron chi connectivity index (χ1n) is 3.72. The molecular weight excluding hydrogens is 168 g/mol. The Balaban J connectivity index is 2.93. The SMILES string of the molecule is Cc1csc2c(N)c(N)ccc12. The van der Waals surface area contributed by atoms with E-state index in [4.69, 9.17) is 11.5 Å². The van der Waals surface area contributed by atoms with Gasteiger partial charge in [0.15, 0.2) is 0 Å². The number of fused-ring (bicyclic) bond motifs is 1. The van der Waals surface area contributed by atoms with Crippen molar-refractivity contribution in [2.45, 2.75) is 6.92 Å². The van der Waals surface area contributed by atoms with Crippen LogP contribution >= 0.6 is 11.3 Å². The van der Waals surface area contributed by atoms with E-state index in [0.717, 1.165) is 4.70 Å². The second-order valence-corrected chi connectivity index (χ2v) is 3.74. The number of aryl methyl sites for hydroxylation is 1. The average molecular weight is 178 g/mol. The van der Waals surface area contributed by atoms with Gasteiger partial charge in [-0.25, -0.2) is 0 Å². The molecule has 0 amide bonds. The second kappa shape index (κ2) is 2.38. The van der Waals surface area contributed by atoms with Gasteiger partial charge in [0.2, 0.25) is 0 Å². The molecular formula is C9H10N2S. The lowest BCUT2D eigenvalue weighted by Crippen LogP contribution is -1.93. The van der Waals surface area contributed by atoms with Crippen molar-refractivity contribution < 1.29 is 0 Å².